The molecule has 0 aliphatic heterocycles. The molecule has 1 heterocycles. The molecule has 0 saturated carbocycles. The lowest BCUT2D eigenvalue weighted by atomic mass is 9.77. The number of hydrogen-bond donors (Lipinski definition) is 0. The molecule has 2 heteroatoms. The average molecular weight is 683 g/mol. The summed E-state index contributed by atoms with van der Waals surface area (Å²) in [7, 11) is 0. The van der Waals surface area contributed by atoms with Crippen LogP contribution in [0.25, 0.3) is 49.7 Å². The predicted molar refractivity (Wildman–Crippen MR) is 225 cm³/mol. The first-order chi connectivity index (χ1) is 26.0. The number of aromatic nitrogens is 1. The van der Waals surface area contributed by atoms with Crippen LogP contribution in [0.3, 0.4) is 0 Å². The van der Waals surface area contributed by atoms with E-state index in [1.807, 2.05) is 0 Å². The van der Waals surface area contributed by atoms with Crippen molar-refractivity contribution in [1.29, 1.82) is 0 Å². The van der Waals surface area contributed by atoms with E-state index in [1.54, 1.807) is 0 Å². The smallest absolute Gasteiger partial charge is 0.0541 e. The van der Waals surface area contributed by atoms with Gasteiger partial charge in [-0.25, -0.2) is 0 Å². The highest BCUT2D eigenvalue weighted by Gasteiger charge is 2.25. The van der Waals surface area contributed by atoms with Gasteiger partial charge in [-0.2, -0.15) is 0 Å². The maximum atomic E-state index is 2.45. The van der Waals surface area contributed by atoms with Crippen LogP contribution in [0.1, 0.15) is 31.4 Å². The molecule has 9 rings (SSSR count). The lowest BCUT2D eigenvalue weighted by Gasteiger charge is -2.29. The zero-order chi connectivity index (χ0) is 35.8. The highest BCUT2D eigenvalue weighted by atomic mass is 15.1. The number of hydrogen-bond acceptors (Lipinski definition) is 1. The fourth-order valence-electron chi connectivity index (χ4n) is 8.06. The second-order valence-corrected chi connectivity index (χ2v) is 14.7. The van der Waals surface area contributed by atoms with E-state index < -0.39 is 0 Å². The monoisotopic (exact) mass is 682 g/mol. The van der Waals surface area contributed by atoms with Crippen molar-refractivity contribution in [1.82, 2.24) is 4.57 Å². The number of allylic oxidation sites excluding steroid dienone is 3. The van der Waals surface area contributed by atoms with Gasteiger partial charge >= 0.3 is 0 Å². The highest BCUT2D eigenvalue weighted by Crippen LogP contribution is 2.39. The summed E-state index contributed by atoms with van der Waals surface area (Å²) in [5.41, 5.74) is 14.7. The number of nitrogens with zero attached hydrogens (tertiary/aromatic N) is 2. The normalized spacial score (nSPS) is 15.5. The molecule has 1 aliphatic carbocycles. The number of para-hydroxylation sites is 3. The fraction of sp³-hybridized carbons (Fsp3) is 0.0980. The summed E-state index contributed by atoms with van der Waals surface area (Å²) in [5.74, 6) is 0. The summed E-state index contributed by atoms with van der Waals surface area (Å²) in [6.07, 6.45) is 8.85. The second kappa shape index (κ2) is 13.6. The van der Waals surface area contributed by atoms with Gasteiger partial charge in [0.15, 0.2) is 0 Å². The fourth-order valence-corrected chi connectivity index (χ4v) is 8.06. The Morgan fingerprint density at radius 3 is 1.79 bits per heavy atom. The molecule has 8 aromatic rings. The molecule has 1 aromatic heterocycles. The molecule has 0 atom stereocenters. The van der Waals surface area contributed by atoms with Crippen molar-refractivity contribution in [3.05, 3.63) is 211 Å². The van der Waals surface area contributed by atoms with Crippen LogP contribution in [0.4, 0.5) is 11.4 Å². The maximum absolute atomic E-state index is 2.45. The van der Waals surface area contributed by atoms with E-state index in [0.29, 0.717) is 0 Å². The van der Waals surface area contributed by atoms with Crippen molar-refractivity contribution < 1.29 is 0 Å². The lowest BCUT2D eigenvalue weighted by Crippen LogP contribution is -2.20. The van der Waals surface area contributed by atoms with Crippen molar-refractivity contribution in [2.24, 2.45) is 0 Å². The Balaban J connectivity index is 1.07. The SMILES string of the molecule is CC1(C)C/C=C(N(c2ccccc2)c2ccc(-c3ccccc3)cc2)\C=C/Cc2ccc(-c3cccc(-n4c5ccccc5c5ccccc54)c3)cc21. The molecule has 0 amide bonds. The maximum Gasteiger partial charge on any atom is 0.0541 e. The molecule has 0 bridgehead atoms. The van der Waals surface area contributed by atoms with E-state index in [0.717, 1.165) is 24.2 Å². The van der Waals surface area contributed by atoms with Crippen LogP contribution in [0.15, 0.2) is 200 Å². The summed E-state index contributed by atoms with van der Waals surface area (Å²) in [6.45, 7) is 4.79. The zero-order valence-electron chi connectivity index (χ0n) is 30.3. The van der Waals surface area contributed by atoms with E-state index in [-0.39, 0.29) is 5.41 Å². The van der Waals surface area contributed by atoms with Gasteiger partial charge in [0.05, 0.1) is 11.0 Å². The third-order valence-electron chi connectivity index (χ3n) is 10.8. The molecule has 0 unspecified atom stereocenters. The molecule has 2 nitrogen and oxygen atoms in total. The third kappa shape index (κ3) is 6.17. The van der Waals surface area contributed by atoms with E-state index in [2.05, 4.69) is 217 Å². The van der Waals surface area contributed by atoms with Gasteiger partial charge in [0.25, 0.3) is 0 Å². The summed E-state index contributed by atoms with van der Waals surface area (Å²) in [5, 5.41) is 2.56. The third-order valence-corrected chi connectivity index (χ3v) is 10.8. The predicted octanol–water partition coefficient (Wildman–Crippen LogP) is 13.6. The second-order valence-electron chi connectivity index (χ2n) is 14.7. The van der Waals surface area contributed by atoms with Crippen molar-refractivity contribution in [2.75, 3.05) is 4.90 Å². The molecule has 256 valence electrons. The molecular weight excluding hydrogens is 641 g/mol. The van der Waals surface area contributed by atoms with E-state index in [1.165, 1.54) is 66.6 Å². The first-order valence-corrected chi connectivity index (χ1v) is 18.6. The summed E-state index contributed by atoms with van der Waals surface area (Å²) < 4.78 is 2.40. The Bertz CT molecular complexity index is 2570. The topological polar surface area (TPSA) is 8.17 Å². The van der Waals surface area contributed by atoms with Crippen LogP contribution < -0.4 is 4.90 Å². The van der Waals surface area contributed by atoms with Gasteiger partial charge in [-0.3, -0.25) is 0 Å². The number of anilines is 2. The number of benzene rings is 7. The Morgan fingerprint density at radius 1 is 0.509 bits per heavy atom. The zero-order valence-corrected chi connectivity index (χ0v) is 30.3. The Hall–Kier alpha value is -6.38. The van der Waals surface area contributed by atoms with Gasteiger partial charge in [0.1, 0.15) is 0 Å². The van der Waals surface area contributed by atoms with Crippen LogP contribution in [0.2, 0.25) is 0 Å². The van der Waals surface area contributed by atoms with Crippen LogP contribution in [-0.2, 0) is 11.8 Å². The molecule has 0 radical (unpaired) electrons. The van der Waals surface area contributed by atoms with Crippen molar-refractivity contribution in [3.63, 3.8) is 0 Å². The van der Waals surface area contributed by atoms with Gasteiger partial charge in [-0.05, 0) is 106 Å². The van der Waals surface area contributed by atoms with Gasteiger partial charge in [-0.1, -0.05) is 153 Å². The largest absolute Gasteiger partial charge is 0.311 e. The van der Waals surface area contributed by atoms with E-state index in [4.69, 9.17) is 0 Å². The molecule has 1 aliphatic rings. The molecule has 0 spiro atoms. The Morgan fingerprint density at radius 2 is 1.08 bits per heavy atom. The van der Waals surface area contributed by atoms with Gasteiger partial charge in [0, 0.05) is 33.5 Å². The minimum atomic E-state index is -0.0907. The summed E-state index contributed by atoms with van der Waals surface area (Å²) >= 11 is 0. The molecule has 0 saturated heterocycles. The van der Waals surface area contributed by atoms with Gasteiger partial charge in [-0.15, -0.1) is 0 Å². The summed E-state index contributed by atoms with van der Waals surface area (Å²) in [6, 6.07) is 63.9. The Kier molecular flexibility index (Phi) is 8.37. The highest BCUT2D eigenvalue weighted by molar-refractivity contribution is 6.09. The standard InChI is InChI=1S/C51H42N2/c1-51(2)34-33-43(52(42-19-7-4-8-20-42)44-31-29-38(30-32-44)37-15-5-3-6-16-37)21-13-17-39-27-28-41(36-48(39)51)40-18-14-22-45(35-40)53-49-25-11-9-23-46(49)47-24-10-12-26-50(47)53/h3-16,18-33,35-36H,17,34H2,1-2H3/b21-13-,43-33+. The molecule has 0 fully saturated rings. The summed E-state index contributed by atoms with van der Waals surface area (Å²) in [4.78, 5) is 2.39. The van der Waals surface area contributed by atoms with E-state index in [9.17, 15) is 0 Å². The first-order valence-electron chi connectivity index (χ1n) is 18.6. The molecule has 7 aromatic carbocycles. The van der Waals surface area contributed by atoms with Crippen LogP contribution in [0.5, 0.6) is 0 Å². The van der Waals surface area contributed by atoms with Crippen LogP contribution >= 0.6 is 0 Å². The average Bonchev–Trinajstić information content (AvgIpc) is 3.57. The minimum absolute atomic E-state index is 0.0907. The van der Waals surface area contributed by atoms with Crippen molar-refractivity contribution >= 4 is 33.2 Å². The Labute approximate surface area is 312 Å². The van der Waals surface area contributed by atoms with Crippen molar-refractivity contribution in [2.45, 2.75) is 32.1 Å². The van der Waals surface area contributed by atoms with Crippen molar-refractivity contribution in [3.8, 4) is 27.9 Å². The van der Waals surface area contributed by atoms with Crippen LogP contribution in [-0.4, -0.2) is 4.57 Å². The lowest BCUT2D eigenvalue weighted by molar-refractivity contribution is 0.529. The van der Waals surface area contributed by atoms with Gasteiger partial charge in [0.2, 0.25) is 0 Å². The molecular formula is C51H42N2. The van der Waals surface area contributed by atoms with E-state index >= 15 is 0 Å². The molecule has 53 heavy (non-hydrogen) atoms. The quantitative estimate of drug-likeness (QED) is 0.169. The van der Waals surface area contributed by atoms with Crippen LogP contribution in [0, 0.1) is 0 Å². The minimum Gasteiger partial charge on any atom is -0.311 e. The van der Waals surface area contributed by atoms with Gasteiger partial charge < -0.3 is 9.47 Å². The first kappa shape index (κ1) is 32.5. The number of fused-ring (bicyclic) bond motifs is 4. The number of rotatable bonds is 6. The molecule has 0 N–H and O–H groups in total.